The van der Waals surface area contributed by atoms with Gasteiger partial charge in [-0.2, -0.15) is 0 Å². The van der Waals surface area contributed by atoms with Gasteiger partial charge in [0.15, 0.2) is 5.76 Å². The van der Waals surface area contributed by atoms with E-state index in [1.165, 1.54) is 30.3 Å². The number of carbonyl (C=O) groups is 1. The minimum absolute atomic E-state index is 0.0327. The highest BCUT2D eigenvalue weighted by Gasteiger charge is 2.37. The molecule has 2 aromatic carbocycles. The normalized spacial score (nSPS) is 22.1. The molecule has 2 bridgehead atoms. The molecule has 2 atom stereocenters. The Morgan fingerprint density at radius 3 is 2.74 bits per heavy atom. The van der Waals surface area contributed by atoms with Crippen LogP contribution in [0.25, 0.3) is 6.08 Å². The molecule has 6 nitrogen and oxygen atoms in total. The lowest BCUT2D eigenvalue weighted by Gasteiger charge is -2.42. The number of ether oxygens (including phenoxy) is 1. The van der Waals surface area contributed by atoms with E-state index in [1.54, 1.807) is 18.2 Å². The first-order chi connectivity index (χ1) is 16.9. The number of piperidine rings is 1. The second-order valence-corrected chi connectivity index (χ2v) is 9.81. The zero-order valence-corrected chi connectivity index (χ0v) is 19.5. The number of phenols is 1. The van der Waals surface area contributed by atoms with Gasteiger partial charge in [-0.05, 0) is 48.7 Å². The summed E-state index contributed by atoms with van der Waals surface area (Å²) in [6.07, 6.45) is 2.32. The van der Waals surface area contributed by atoms with Crippen LogP contribution in [-0.2, 0) is 13.1 Å². The number of benzene rings is 2. The first kappa shape index (κ1) is 22.1. The molecule has 6 rings (SSSR count). The highest BCUT2D eigenvalue weighted by molar-refractivity contribution is 6.32. The Labute approximate surface area is 205 Å². The molecular weight excluding hydrogens is 471 g/mol. The molecule has 1 fully saturated rings. The van der Waals surface area contributed by atoms with E-state index >= 15 is 0 Å². The zero-order valence-electron chi connectivity index (χ0n) is 18.7. The van der Waals surface area contributed by atoms with Gasteiger partial charge in [0.2, 0.25) is 5.78 Å². The molecule has 1 N–H and O–H groups in total. The van der Waals surface area contributed by atoms with Crippen LogP contribution < -0.4 is 10.3 Å². The standard InChI is InChI=1S/C27H22ClFN2O4/c28-20-3-1-4-21(29)18(20)10-24-26(34)17-7-8-23(32)19(27(17)35-24)14-30-11-15-9-16(13-30)22-5-2-6-25(33)31(22)12-15/h1-8,10,15-16,32H,9,11-14H2/b24-10-/t15-,16+/m1/s1. The van der Waals surface area contributed by atoms with Gasteiger partial charge in [-0.15, -0.1) is 0 Å². The van der Waals surface area contributed by atoms with Crippen LogP contribution in [0.2, 0.25) is 5.02 Å². The van der Waals surface area contributed by atoms with E-state index in [4.69, 9.17) is 16.3 Å². The van der Waals surface area contributed by atoms with Gasteiger partial charge in [0, 0.05) is 49.4 Å². The largest absolute Gasteiger partial charge is 0.507 e. The second-order valence-electron chi connectivity index (χ2n) is 9.41. The number of halogens is 2. The number of likely N-dealkylation sites (tertiary alicyclic amines) is 1. The number of hydrogen-bond acceptors (Lipinski definition) is 5. The minimum atomic E-state index is -0.556. The number of aromatic nitrogens is 1. The van der Waals surface area contributed by atoms with Crippen LogP contribution in [0.3, 0.4) is 0 Å². The van der Waals surface area contributed by atoms with E-state index < -0.39 is 5.82 Å². The zero-order chi connectivity index (χ0) is 24.3. The third-order valence-corrected chi connectivity index (χ3v) is 7.46. The third-order valence-electron chi connectivity index (χ3n) is 7.13. The summed E-state index contributed by atoms with van der Waals surface area (Å²) in [7, 11) is 0. The third kappa shape index (κ3) is 3.75. The van der Waals surface area contributed by atoms with Crippen molar-refractivity contribution < 1.29 is 19.0 Å². The van der Waals surface area contributed by atoms with Crippen molar-refractivity contribution in [2.24, 2.45) is 5.92 Å². The number of fused-ring (bicyclic) bond motifs is 5. The molecule has 1 saturated heterocycles. The molecule has 0 saturated carbocycles. The molecule has 8 heteroatoms. The maximum absolute atomic E-state index is 14.3. The molecule has 4 heterocycles. The van der Waals surface area contributed by atoms with Crippen LogP contribution in [0.4, 0.5) is 4.39 Å². The summed E-state index contributed by atoms with van der Waals surface area (Å²) in [5.74, 6) is -0.111. The number of pyridine rings is 1. The van der Waals surface area contributed by atoms with Crippen molar-refractivity contribution in [3.63, 3.8) is 0 Å². The topological polar surface area (TPSA) is 71.8 Å². The fourth-order valence-corrected chi connectivity index (χ4v) is 5.80. The van der Waals surface area contributed by atoms with Crippen molar-refractivity contribution in [2.45, 2.75) is 25.4 Å². The number of aromatic hydroxyl groups is 1. The number of hydrogen-bond donors (Lipinski definition) is 1. The Morgan fingerprint density at radius 2 is 1.91 bits per heavy atom. The van der Waals surface area contributed by atoms with E-state index in [9.17, 15) is 19.1 Å². The molecule has 0 radical (unpaired) electrons. The molecule has 3 aliphatic rings. The van der Waals surface area contributed by atoms with Crippen molar-refractivity contribution >= 4 is 23.5 Å². The van der Waals surface area contributed by atoms with Gasteiger partial charge in [-0.25, -0.2) is 4.39 Å². The van der Waals surface area contributed by atoms with E-state index in [1.807, 2.05) is 10.6 Å². The number of allylic oxidation sites excluding steroid dienone is 1. The Hall–Kier alpha value is -3.42. The van der Waals surface area contributed by atoms with E-state index in [-0.39, 0.29) is 39.4 Å². The van der Waals surface area contributed by atoms with Crippen LogP contribution in [0.5, 0.6) is 11.5 Å². The van der Waals surface area contributed by atoms with Crippen molar-refractivity contribution in [1.82, 2.24) is 9.47 Å². The van der Waals surface area contributed by atoms with Gasteiger partial charge in [-0.1, -0.05) is 23.7 Å². The maximum Gasteiger partial charge on any atom is 0.250 e. The fourth-order valence-electron chi connectivity index (χ4n) is 5.58. The number of Topliss-reactive ketones (excluding diaryl/α,β-unsaturated/α-hetero) is 1. The van der Waals surface area contributed by atoms with Crippen molar-refractivity contribution in [3.8, 4) is 11.5 Å². The Bertz CT molecular complexity index is 1440. The molecule has 1 aromatic heterocycles. The molecular formula is C27H22ClFN2O4. The Morgan fingerprint density at radius 1 is 1.09 bits per heavy atom. The monoisotopic (exact) mass is 492 g/mol. The van der Waals surface area contributed by atoms with E-state index in [0.29, 0.717) is 35.9 Å². The molecule has 0 amide bonds. The summed E-state index contributed by atoms with van der Waals surface area (Å²) in [6.45, 7) is 2.55. The Kier molecular flexibility index (Phi) is 5.27. The lowest BCUT2D eigenvalue weighted by Crippen LogP contribution is -2.46. The smallest absolute Gasteiger partial charge is 0.250 e. The Balaban J connectivity index is 1.30. The van der Waals surface area contributed by atoms with E-state index in [2.05, 4.69) is 4.90 Å². The van der Waals surface area contributed by atoms with E-state index in [0.717, 1.165) is 25.2 Å². The quantitative estimate of drug-likeness (QED) is 0.542. The number of nitrogens with zero attached hydrogens (tertiary/aromatic N) is 2. The van der Waals surface area contributed by atoms with Crippen molar-refractivity contribution in [3.05, 3.63) is 97.9 Å². The molecule has 35 heavy (non-hydrogen) atoms. The first-order valence-electron chi connectivity index (χ1n) is 11.5. The summed E-state index contributed by atoms with van der Waals surface area (Å²) >= 11 is 6.13. The fraction of sp³-hybridized carbons (Fsp3) is 0.259. The highest BCUT2D eigenvalue weighted by Crippen LogP contribution is 2.42. The predicted octanol–water partition coefficient (Wildman–Crippen LogP) is 4.58. The number of rotatable bonds is 3. The van der Waals surface area contributed by atoms with Gasteiger partial charge in [0.1, 0.15) is 17.3 Å². The summed E-state index contributed by atoms with van der Waals surface area (Å²) in [5.41, 5.74) is 1.99. The number of carbonyl (C=O) groups excluding carboxylic acids is 1. The van der Waals surface area contributed by atoms with Crippen LogP contribution >= 0.6 is 11.6 Å². The van der Waals surface area contributed by atoms with Crippen LogP contribution in [0, 0.1) is 11.7 Å². The van der Waals surface area contributed by atoms with Crippen molar-refractivity contribution in [1.29, 1.82) is 0 Å². The number of phenolic OH excluding ortho intramolecular Hbond substituents is 1. The average Bonchev–Trinajstić information content (AvgIpc) is 3.14. The van der Waals surface area contributed by atoms with Gasteiger partial charge >= 0.3 is 0 Å². The summed E-state index contributed by atoms with van der Waals surface area (Å²) < 4.78 is 22.1. The molecule has 0 aliphatic carbocycles. The maximum atomic E-state index is 14.3. The van der Waals surface area contributed by atoms with Crippen molar-refractivity contribution in [2.75, 3.05) is 13.1 Å². The van der Waals surface area contributed by atoms with Gasteiger partial charge < -0.3 is 14.4 Å². The van der Waals surface area contributed by atoms with Gasteiger partial charge in [-0.3, -0.25) is 14.5 Å². The summed E-state index contributed by atoms with van der Waals surface area (Å²) in [5, 5.41) is 10.9. The SMILES string of the molecule is O=C1/C(=C/c2c(F)cccc2Cl)Oc2c1ccc(O)c2CN1C[C@H]2C[C@@H](C1)c1cccc(=O)n1C2. The lowest BCUT2D eigenvalue weighted by molar-refractivity contribution is 0.101. The predicted molar refractivity (Wildman–Crippen MR) is 129 cm³/mol. The second kappa shape index (κ2) is 8.36. The minimum Gasteiger partial charge on any atom is -0.507 e. The van der Waals surface area contributed by atoms with Crippen LogP contribution in [-0.4, -0.2) is 33.4 Å². The average molecular weight is 493 g/mol. The molecule has 3 aliphatic heterocycles. The highest BCUT2D eigenvalue weighted by atomic mass is 35.5. The molecule has 0 unspecified atom stereocenters. The van der Waals surface area contributed by atoms with Gasteiger partial charge in [0.05, 0.1) is 16.1 Å². The lowest BCUT2D eigenvalue weighted by atomic mass is 9.83. The van der Waals surface area contributed by atoms with Crippen LogP contribution in [0.1, 0.15) is 39.5 Å². The van der Waals surface area contributed by atoms with Crippen LogP contribution in [0.15, 0.2) is 59.1 Å². The summed E-state index contributed by atoms with van der Waals surface area (Å²) in [4.78, 5) is 27.6. The molecule has 178 valence electrons. The molecule has 3 aromatic rings. The summed E-state index contributed by atoms with van der Waals surface area (Å²) in [6, 6.07) is 12.7. The van der Waals surface area contributed by atoms with Gasteiger partial charge in [0.25, 0.3) is 5.56 Å². The first-order valence-corrected chi connectivity index (χ1v) is 11.9. The molecule has 0 spiro atoms. The number of ketones is 1.